The third-order valence-corrected chi connectivity index (χ3v) is 11.7. The van der Waals surface area contributed by atoms with Crippen LogP contribution in [0.2, 0.25) is 0 Å². The van der Waals surface area contributed by atoms with Gasteiger partial charge in [0.2, 0.25) is 0 Å². The van der Waals surface area contributed by atoms with Gasteiger partial charge in [-0.2, -0.15) is 0 Å². The third kappa shape index (κ3) is 2.95. The molecule has 2 heterocycles. The van der Waals surface area contributed by atoms with Crippen LogP contribution in [0.3, 0.4) is 0 Å². The molecule has 6 rings (SSSR count). The number of hydrogen-bond acceptors (Lipinski definition) is 3. The Hall–Kier alpha value is -0.380. The predicted octanol–water partition coefficient (Wildman–Crippen LogP) is 6.76. The quantitative estimate of drug-likeness (QED) is 0.442. The molecule has 5 fully saturated rings. The van der Waals surface area contributed by atoms with Gasteiger partial charge in [-0.1, -0.05) is 39.3 Å². The zero-order chi connectivity index (χ0) is 22.3. The topological polar surface area (TPSA) is 27.7 Å². The van der Waals surface area contributed by atoms with Crippen molar-refractivity contribution >= 4 is 0 Å². The summed E-state index contributed by atoms with van der Waals surface area (Å²) in [7, 11) is 0. The van der Waals surface area contributed by atoms with Gasteiger partial charge in [-0.3, -0.25) is 0 Å². The van der Waals surface area contributed by atoms with Crippen LogP contribution in [-0.4, -0.2) is 31.2 Å². The van der Waals surface area contributed by atoms with E-state index < -0.39 is 0 Å². The van der Waals surface area contributed by atoms with E-state index in [0.717, 1.165) is 37.4 Å². The van der Waals surface area contributed by atoms with E-state index in [2.05, 4.69) is 40.7 Å². The van der Waals surface area contributed by atoms with Crippen molar-refractivity contribution in [3.8, 4) is 0 Å². The Balaban J connectivity index is 1.25. The Morgan fingerprint density at radius 1 is 1.06 bits per heavy atom. The number of ether oxygens (including phenoxy) is 3. The van der Waals surface area contributed by atoms with Gasteiger partial charge in [0.15, 0.2) is 5.79 Å². The number of fused-ring (bicyclic) bond motifs is 7. The highest BCUT2D eigenvalue weighted by molar-refractivity contribution is 5.26. The molecule has 2 saturated heterocycles. The molecule has 0 bridgehead atoms. The second-order valence-electron chi connectivity index (χ2n) is 13.1. The van der Waals surface area contributed by atoms with E-state index in [9.17, 15) is 0 Å². The van der Waals surface area contributed by atoms with Crippen molar-refractivity contribution in [2.45, 2.75) is 110 Å². The Morgan fingerprint density at radius 2 is 1.91 bits per heavy atom. The standard InChI is InChI=1S/C29H46O3/c1-6-30-21-10-12-27(4)20(15-21)7-8-22-23(27)11-13-28(5)24(22)16-25-26(28)19(3)29(32-25)14-9-18(2)17-31-29/h7,18-19,21-26H,6,8-17H2,1-5H3/t18-,19+,21+,22-,23+,24+,25+,26+,27+,28+,29-/m1/s1. The van der Waals surface area contributed by atoms with Gasteiger partial charge in [0, 0.05) is 18.9 Å². The lowest BCUT2D eigenvalue weighted by atomic mass is 9.47. The average Bonchev–Trinajstić information content (AvgIpc) is 3.21. The SMILES string of the molecule is CCO[C@H]1CC[C@@]2(C)C(=CC[C@H]3[C@@H]4C[C@@H]5O[C@]6(CC[C@@H](C)CO6)[C@@H](C)[C@@H]5[C@@]4(C)CC[C@@H]32)C1. The first-order chi connectivity index (χ1) is 15.3. The van der Waals surface area contributed by atoms with Gasteiger partial charge in [0.1, 0.15) is 0 Å². The van der Waals surface area contributed by atoms with Crippen LogP contribution in [0.25, 0.3) is 0 Å². The minimum Gasteiger partial charge on any atom is -0.378 e. The first kappa shape index (κ1) is 22.1. The Morgan fingerprint density at radius 3 is 2.66 bits per heavy atom. The van der Waals surface area contributed by atoms with E-state index >= 15 is 0 Å². The lowest BCUT2D eigenvalue weighted by molar-refractivity contribution is -0.272. The summed E-state index contributed by atoms with van der Waals surface area (Å²) in [4.78, 5) is 0. The van der Waals surface area contributed by atoms with Crippen LogP contribution < -0.4 is 0 Å². The van der Waals surface area contributed by atoms with Crippen LogP contribution in [0.1, 0.15) is 92.4 Å². The smallest absolute Gasteiger partial charge is 0.171 e. The monoisotopic (exact) mass is 442 g/mol. The van der Waals surface area contributed by atoms with E-state index in [1.807, 2.05) is 0 Å². The van der Waals surface area contributed by atoms with Crippen LogP contribution in [-0.2, 0) is 14.2 Å². The fourth-order valence-electron chi connectivity index (χ4n) is 10.0. The highest BCUT2D eigenvalue weighted by Crippen LogP contribution is 2.70. The molecule has 0 aromatic rings. The van der Waals surface area contributed by atoms with Gasteiger partial charge in [0.05, 0.1) is 18.8 Å². The molecule has 11 atom stereocenters. The lowest BCUT2D eigenvalue weighted by Crippen LogP contribution is -2.52. The van der Waals surface area contributed by atoms with E-state index in [1.54, 1.807) is 5.57 Å². The molecular formula is C29H46O3. The molecule has 3 heteroatoms. The van der Waals surface area contributed by atoms with Crippen LogP contribution >= 0.6 is 0 Å². The highest BCUT2D eigenvalue weighted by atomic mass is 16.7. The number of allylic oxidation sites excluding steroid dienone is 1. The van der Waals surface area contributed by atoms with Crippen molar-refractivity contribution in [3.05, 3.63) is 11.6 Å². The third-order valence-electron chi connectivity index (χ3n) is 11.7. The van der Waals surface area contributed by atoms with Crippen LogP contribution in [0, 0.1) is 46.3 Å². The summed E-state index contributed by atoms with van der Waals surface area (Å²) < 4.78 is 19.5. The Labute approximate surface area is 196 Å². The molecule has 6 aliphatic rings. The molecule has 0 aromatic carbocycles. The van der Waals surface area contributed by atoms with Gasteiger partial charge in [-0.25, -0.2) is 0 Å². The van der Waals surface area contributed by atoms with Crippen molar-refractivity contribution in [2.75, 3.05) is 13.2 Å². The summed E-state index contributed by atoms with van der Waals surface area (Å²) in [6.45, 7) is 13.9. The van der Waals surface area contributed by atoms with E-state index in [4.69, 9.17) is 14.2 Å². The molecule has 3 nitrogen and oxygen atoms in total. The fraction of sp³-hybridized carbons (Fsp3) is 0.931. The second kappa shape index (κ2) is 7.56. The zero-order valence-corrected chi connectivity index (χ0v) is 21.2. The van der Waals surface area contributed by atoms with Gasteiger partial charge in [-0.05, 0) is 98.7 Å². The van der Waals surface area contributed by atoms with Crippen molar-refractivity contribution in [1.29, 1.82) is 0 Å². The minimum atomic E-state index is -0.282. The summed E-state index contributed by atoms with van der Waals surface area (Å²) in [5.74, 6) is 4.12. The fourth-order valence-corrected chi connectivity index (χ4v) is 10.0. The van der Waals surface area contributed by atoms with E-state index in [-0.39, 0.29) is 5.79 Å². The van der Waals surface area contributed by atoms with Crippen LogP contribution in [0.4, 0.5) is 0 Å². The van der Waals surface area contributed by atoms with Crippen LogP contribution in [0.5, 0.6) is 0 Å². The molecule has 0 N–H and O–H groups in total. The van der Waals surface area contributed by atoms with Crippen molar-refractivity contribution in [3.63, 3.8) is 0 Å². The van der Waals surface area contributed by atoms with Gasteiger partial charge >= 0.3 is 0 Å². The Bertz CT molecular complexity index is 766. The molecule has 3 saturated carbocycles. The van der Waals surface area contributed by atoms with Crippen molar-refractivity contribution in [1.82, 2.24) is 0 Å². The molecule has 0 unspecified atom stereocenters. The second-order valence-corrected chi connectivity index (χ2v) is 13.1. The normalized spacial score (nSPS) is 56.8. The van der Waals surface area contributed by atoms with Crippen molar-refractivity contribution in [2.24, 2.45) is 46.3 Å². The largest absolute Gasteiger partial charge is 0.378 e. The summed E-state index contributed by atoms with van der Waals surface area (Å²) >= 11 is 0. The first-order valence-electron chi connectivity index (χ1n) is 13.9. The summed E-state index contributed by atoms with van der Waals surface area (Å²) in [5.41, 5.74) is 2.57. The van der Waals surface area contributed by atoms with E-state index in [1.165, 1.54) is 51.4 Å². The first-order valence-corrected chi connectivity index (χ1v) is 13.9. The van der Waals surface area contributed by atoms with Crippen molar-refractivity contribution < 1.29 is 14.2 Å². The molecule has 0 amide bonds. The molecular weight excluding hydrogens is 396 g/mol. The summed E-state index contributed by atoms with van der Waals surface area (Å²) in [6.07, 6.45) is 15.0. The number of rotatable bonds is 2. The molecule has 0 radical (unpaired) electrons. The molecule has 32 heavy (non-hydrogen) atoms. The zero-order valence-electron chi connectivity index (χ0n) is 21.2. The van der Waals surface area contributed by atoms with Gasteiger partial charge in [0.25, 0.3) is 0 Å². The van der Waals surface area contributed by atoms with Gasteiger partial charge < -0.3 is 14.2 Å². The molecule has 180 valence electrons. The summed E-state index contributed by atoms with van der Waals surface area (Å²) in [5, 5.41) is 0. The molecule has 2 aliphatic heterocycles. The molecule has 1 spiro atoms. The van der Waals surface area contributed by atoms with E-state index in [0.29, 0.717) is 40.8 Å². The number of hydrogen-bond donors (Lipinski definition) is 0. The van der Waals surface area contributed by atoms with Crippen LogP contribution in [0.15, 0.2) is 11.6 Å². The highest BCUT2D eigenvalue weighted by Gasteiger charge is 2.68. The average molecular weight is 443 g/mol. The maximum absolute atomic E-state index is 6.93. The molecule has 0 aromatic heterocycles. The minimum absolute atomic E-state index is 0.282. The molecule has 4 aliphatic carbocycles. The lowest BCUT2D eigenvalue weighted by Gasteiger charge is -2.58. The Kier molecular flexibility index (Phi) is 5.22. The summed E-state index contributed by atoms with van der Waals surface area (Å²) in [6, 6.07) is 0. The predicted molar refractivity (Wildman–Crippen MR) is 127 cm³/mol. The maximum atomic E-state index is 6.93. The maximum Gasteiger partial charge on any atom is 0.171 e. The van der Waals surface area contributed by atoms with Gasteiger partial charge in [-0.15, -0.1) is 0 Å².